The van der Waals surface area contributed by atoms with Gasteiger partial charge in [0.25, 0.3) is 5.91 Å². The molecule has 3 N–H and O–H groups in total. The van der Waals surface area contributed by atoms with Gasteiger partial charge in [-0.1, -0.05) is 19.9 Å². The Morgan fingerprint density at radius 3 is 2.57 bits per heavy atom. The lowest BCUT2D eigenvalue weighted by Gasteiger charge is -2.01. The minimum atomic E-state index is -0.0789. The molecule has 0 atom stereocenters. The third kappa shape index (κ3) is 3.94. The van der Waals surface area contributed by atoms with Gasteiger partial charge in [-0.3, -0.25) is 4.79 Å². The van der Waals surface area contributed by atoms with Crippen molar-refractivity contribution in [2.45, 2.75) is 20.8 Å². The zero-order chi connectivity index (χ0) is 11.0. The summed E-state index contributed by atoms with van der Waals surface area (Å²) >= 11 is 0. The number of rotatable bonds is 2. The second kappa shape index (κ2) is 6.95. The van der Waals surface area contributed by atoms with Crippen molar-refractivity contribution in [3.8, 4) is 0 Å². The van der Waals surface area contributed by atoms with Crippen LogP contribution in [0.1, 0.15) is 31.1 Å². The minimum Gasteiger partial charge on any atom is -0.399 e. The van der Waals surface area contributed by atoms with E-state index in [0.29, 0.717) is 17.8 Å². The average Bonchev–Trinajstić information content (AvgIpc) is 2.21. The van der Waals surface area contributed by atoms with Crippen molar-refractivity contribution in [2.75, 3.05) is 12.3 Å². The molecule has 0 fully saturated rings. The van der Waals surface area contributed by atoms with Crippen LogP contribution < -0.4 is 11.1 Å². The van der Waals surface area contributed by atoms with Crippen LogP contribution in [-0.4, -0.2) is 12.5 Å². The molecule has 1 rings (SSSR count). The smallest absolute Gasteiger partial charge is 0.251 e. The summed E-state index contributed by atoms with van der Waals surface area (Å²) in [4.78, 5) is 11.2. The van der Waals surface area contributed by atoms with E-state index in [0.717, 1.165) is 0 Å². The van der Waals surface area contributed by atoms with Gasteiger partial charge in [0.1, 0.15) is 0 Å². The number of anilines is 1. The van der Waals surface area contributed by atoms with Gasteiger partial charge in [0.2, 0.25) is 0 Å². The van der Waals surface area contributed by atoms with Crippen LogP contribution in [0.3, 0.4) is 0 Å². The van der Waals surface area contributed by atoms with Crippen molar-refractivity contribution < 1.29 is 4.79 Å². The van der Waals surface area contributed by atoms with Gasteiger partial charge in [-0.15, -0.1) is 0 Å². The highest BCUT2D eigenvalue weighted by Crippen LogP contribution is 2.05. The summed E-state index contributed by atoms with van der Waals surface area (Å²) in [7, 11) is 0. The third-order valence-corrected chi connectivity index (χ3v) is 1.49. The van der Waals surface area contributed by atoms with Crippen LogP contribution in [0, 0.1) is 0 Å². The predicted molar refractivity (Wildman–Crippen MR) is 60.2 cm³/mol. The van der Waals surface area contributed by atoms with Crippen LogP contribution in [0.5, 0.6) is 0 Å². The Labute approximate surface area is 85.3 Å². The minimum absolute atomic E-state index is 0.0789. The highest BCUT2D eigenvalue weighted by Gasteiger charge is 2.02. The van der Waals surface area contributed by atoms with Crippen LogP contribution >= 0.6 is 0 Å². The van der Waals surface area contributed by atoms with Gasteiger partial charge >= 0.3 is 0 Å². The van der Waals surface area contributed by atoms with Crippen molar-refractivity contribution in [1.29, 1.82) is 0 Å². The van der Waals surface area contributed by atoms with E-state index in [4.69, 9.17) is 5.73 Å². The number of nitrogens with two attached hydrogens (primary N) is 1. The summed E-state index contributed by atoms with van der Waals surface area (Å²) in [6.07, 6.45) is 0. The highest BCUT2D eigenvalue weighted by molar-refractivity contribution is 5.94. The zero-order valence-electron chi connectivity index (χ0n) is 9.00. The molecular formula is C11H18N2O. The van der Waals surface area contributed by atoms with E-state index in [-0.39, 0.29) is 5.91 Å². The summed E-state index contributed by atoms with van der Waals surface area (Å²) in [6.45, 7) is 6.51. The second-order valence-electron chi connectivity index (χ2n) is 2.48. The molecule has 1 amide bonds. The summed E-state index contributed by atoms with van der Waals surface area (Å²) in [6, 6.07) is 6.91. The molecule has 0 unspecified atom stereocenters. The van der Waals surface area contributed by atoms with E-state index in [1.807, 2.05) is 20.8 Å². The molecule has 0 bridgehead atoms. The standard InChI is InChI=1S/C9H12N2O.C2H6/c1-2-11-9(12)7-4-3-5-8(10)6-7;1-2/h3-6H,2,10H2,1H3,(H,11,12);1-2H3. The van der Waals surface area contributed by atoms with Crippen molar-refractivity contribution in [3.63, 3.8) is 0 Å². The first-order valence-electron chi connectivity index (χ1n) is 4.87. The van der Waals surface area contributed by atoms with Gasteiger partial charge in [-0.05, 0) is 25.1 Å². The molecule has 14 heavy (non-hydrogen) atoms. The Morgan fingerprint density at radius 2 is 2.07 bits per heavy atom. The summed E-state index contributed by atoms with van der Waals surface area (Å²) in [5.74, 6) is -0.0789. The number of hydrogen-bond acceptors (Lipinski definition) is 2. The number of carbonyl (C=O) groups is 1. The highest BCUT2D eigenvalue weighted by atomic mass is 16.1. The van der Waals surface area contributed by atoms with E-state index in [1.54, 1.807) is 24.3 Å². The Balaban J connectivity index is 0.000000791. The fraction of sp³-hybridized carbons (Fsp3) is 0.364. The maximum atomic E-state index is 11.2. The van der Waals surface area contributed by atoms with Gasteiger partial charge in [-0.25, -0.2) is 0 Å². The van der Waals surface area contributed by atoms with E-state index in [2.05, 4.69) is 5.32 Å². The topological polar surface area (TPSA) is 55.1 Å². The normalized spacial score (nSPS) is 8.50. The van der Waals surface area contributed by atoms with Crippen molar-refractivity contribution >= 4 is 11.6 Å². The lowest BCUT2D eigenvalue weighted by atomic mass is 10.2. The van der Waals surface area contributed by atoms with Crippen LogP contribution in [0.15, 0.2) is 24.3 Å². The predicted octanol–water partition coefficient (Wildman–Crippen LogP) is 2.04. The number of benzene rings is 1. The van der Waals surface area contributed by atoms with Crippen molar-refractivity contribution in [1.82, 2.24) is 5.32 Å². The van der Waals surface area contributed by atoms with Crippen molar-refractivity contribution in [3.05, 3.63) is 29.8 Å². The number of amides is 1. The van der Waals surface area contributed by atoms with E-state index in [9.17, 15) is 4.79 Å². The molecule has 0 radical (unpaired) electrons. The summed E-state index contributed by atoms with van der Waals surface area (Å²) < 4.78 is 0. The molecule has 0 heterocycles. The third-order valence-electron chi connectivity index (χ3n) is 1.49. The maximum Gasteiger partial charge on any atom is 0.251 e. The van der Waals surface area contributed by atoms with Crippen molar-refractivity contribution in [2.24, 2.45) is 0 Å². The molecule has 78 valence electrons. The molecule has 0 aliphatic rings. The molecule has 0 aliphatic heterocycles. The van der Waals surface area contributed by atoms with Crippen LogP contribution in [-0.2, 0) is 0 Å². The van der Waals surface area contributed by atoms with Gasteiger partial charge < -0.3 is 11.1 Å². The first-order valence-corrected chi connectivity index (χ1v) is 4.87. The largest absolute Gasteiger partial charge is 0.399 e. The second-order valence-corrected chi connectivity index (χ2v) is 2.48. The average molecular weight is 194 g/mol. The molecule has 3 heteroatoms. The lowest BCUT2D eigenvalue weighted by molar-refractivity contribution is 0.0956. The maximum absolute atomic E-state index is 11.2. The Morgan fingerprint density at radius 1 is 1.43 bits per heavy atom. The molecule has 0 saturated heterocycles. The molecule has 0 saturated carbocycles. The SMILES string of the molecule is CC.CCNC(=O)c1cccc(N)c1. The molecule has 3 nitrogen and oxygen atoms in total. The summed E-state index contributed by atoms with van der Waals surface area (Å²) in [5, 5.41) is 2.69. The Bertz CT molecular complexity index is 284. The lowest BCUT2D eigenvalue weighted by Crippen LogP contribution is -2.22. The molecule has 0 aliphatic carbocycles. The van der Waals surface area contributed by atoms with Gasteiger partial charge in [0.15, 0.2) is 0 Å². The zero-order valence-corrected chi connectivity index (χ0v) is 9.00. The van der Waals surface area contributed by atoms with E-state index >= 15 is 0 Å². The van der Waals surface area contributed by atoms with Crippen LogP contribution in [0.25, 0.3) is 0 Å². The van der Waals surface area contributed by atoms with E-state index in [1.165, 1.54) is 0 Å². The monoisotopic (exact) mass is 194 g/mol. The fourth-order valence-electron chi connectivity index (χ4n) is 0.943. The Hall–Kier alpha value is -1.51. The molecule has 1 aromatic carbocycles. The molecule has 0 spiro atoms. The first-order chi connectivity index (χ1) is 6.74. The van der Waals surface area contributed by atoms with Gasteiger partial charge in [0, 0.05) is 17.8 Å². The number of nitrogen functional groups attached to an aromatic ring is 1. The van der Waals surface area contributed by atoms with Gasteiger partial charge in [-0.2, -0.15) is 0 Å². The molecule has 0 aromatic heterocycles. The molecular weight excluding hydrogens is 176 g/mol. The first kappa shape index (κ1) is 12.5. The number of hydrogen-bond donors (Lipinski definition) is 2. The quantitative estimate of drug-likeness (QED) is 0.708. The number of nitrogens with one attached hydrogen (secondary N) is 1. The fourth-order valence-corrected chi connectivity index (χ4v) is 0.943. The molecule has 1 aromatic rings. The van der Waals surface area contributed by atoms with Crippen LogP contribution in [0.4, 0.5) is 5.69 Å². The Kier molecular flexibility index (Phi) is 6.20. The van der Waals surface area contributed by atoms with Crippen LogP contribution in [0.2, 0.25) is 0 Å². The number of carbonyl (C=O) groups excluding carboxylic acids is 1. The van der Waals surface area contributed by atoms with E-state index < -0.39 is 0 Å². The van der Waals surface area contributed by atoms with Gasteiger partial charge in [0.05, 0.1) is 0 Å². The summed E-state index contributed by atoms with van der Waals surface area (Å²) in [5.41, 5.74) is 6.73.